The highest BCUT2D eigenvalue weighted by Gasteiger charge is 2.48. The van der Waals surface area contributed by atoms with Crippen LogP contribution in [0, 0.1) is 5.92 Å². The van der Waals surface area contributed by atoms with Gasteiger partial charge in [-0.2, -0.15) is 0 Å². The number of carboxylic acid groups (broad SMARTS) is 1. The van der Waals surface area contributed by atoms with E-state index in [0.29, 0.717) is 24.8 Å². The normalized spacial score (nSPS) is 25.3. The molecule has 6 heteroatoms. The third-order valence-corrected chi connectivity index (χ3v) is 5.00. The second-order valence-electron chi connectivity index (χ2n) is 5.09. The van der Waals surface area contributed by atoms with Crippen LogP contribution in [0.4, 0.5) is 4.79 Å². The molecular weight excluding hydrogens is 276 g/mol. The molecule has 5 nitrogen and oxygen atoms in total. The summed E-state index contributed by atoms with van der Waals surface area (Å²) >= 11 is 1.59. The summed E-state index contributed by atoms with van der Waals surface area (Å²) in [6.07, 6.45) is 5.45. The Labute approximate surface area is 123 Å². The summed E-state index contributed by atoms with van der Waals surface area (Å²) in [5, 5.41) is 9.33. The lowest BCUT2D eigenvalue weighted by Gasteiger charge is -2.32. The largest absolute Gasteiger partial charge is 0.480 e. The van der Waals surface area contributed by atoms with Crippen LogP contribution in [0.2, 0.25) is 0 Å². The van der Waals surface area contributed by atoms with Crippen LogP contribution in [-0.4, -0.2) is 57.2 Å². The molecule has 2 unspecified atom stereocenters. The topological polar surface area (TPSA) is 60.9 Å². The highest BCUT2D eigenvalue weighted by Crippen LogP contribution is 2.45. The number of hydrogen-bond donors (Lipinski definition) is 1. The van der Waals surface area contributed by atoms with Gasteiger partial charge in [-0.3, -0.25) is 4.90 Å². The van der Waals surface area contributed by atoms with Gasteiger partial charge >= 0.3 is 12.0 Å². The van der Waals surface area contributed by atoms with Crippen molar-refractivity contribution in [2.24, 2.45) is 5.92 Å². The van der Waals surface area contributed by atoms with Crippen molar-refractivity contribution in [2.75, 3.05) is 18.8 Å². The molecule has 0 bridgehead atoms. The van der Waals surface area contributed by atoms with E-state index in [2.05, 4.69) is 13.2 Å². The van der Waals surface area contributed by atoms with Crippen LogP contribution in [0.25, 0.3) is 0 Å². The van der Waals surface area contributed by atoms with E-state index in [9.17, 15) is 14.7 Å². The van der Waals surface area contributed by atoms with Crippen LogP contribution >= 0.6 is 11.8 Å². The van der Waals surface area contributed by atoms with Crippen molar-refractivity contribution >= 4 is 23.8 Å². The van der Waals surface area contributed by atoms with E-state index in [4.69, 9.17) is 0 Å². The van der Waals surface area contributed by atoms with Gasteiger partial charge in [0.15, 0.2) is 0 Å². The summed E-state index contributed by atoms with van der Waals surface area (Å²) in [6.45, 7) is 8.09. The van der Waals surface area contributed by atoms with E-state index in [1.807, 2.05) is 0 Å². The fourth-order valence-electron chi connectivity index (χ4n) is 2.41. The summed E-state index contributed by atoms with van der Waals surface area (Å²) in [4.78, 5) is 27.2. The summed E-state index contributed by atoms with van der Waals surface area (Å²) in [5.41, 5.74) is 0. The minimum Gasteiger partial charge on any atom is -0.480 e. The zero-order valence-corrected chi connectivity index (χ0v) is 12.2. The lowest BCUT2D eigenvalue weighted by atomic mass is 10.2. The van der Waals surface area contributed by atoms with E-state index in [1.54, 1.807) is 33.7 Å². The van der Waals surface area contributed by atoms with Crippen LogP contribution in [0.15, 0.2) is 25.3 Å². The van der Waals surface area contributed by atoms with Crippen LogP contribution in [-0.2, 0) is 4.79 Å². The number of urea groups is 1. The first-order valence-corrected chi connectivity index (χ1v) is 7.78. The number of carboxylic acids is 1. The molecule has 20 heavy (non-hydrogen) atoms. The number of aliphatic carboxylic acids is 1. The lowest BCUT2D eigenvalue weighted by Crippen LogP contribution is -2.52. The number of nitrogens with zero attached hydrogens (tertiary/aromatic N) is 2. The number of amides is 2. The minimum absolute atomic E-state index is 0.000676. The molecule has 2 amide bonds. The van der Waals surface area contributed by atoms with Gasteiger partial charge in [0, 0.05) is 18.8 Å². The maximum atomic E-state index is 12.7. The number of hydrogen-bond acceptors (Lipinski definition) is 3. The van der Waals surface area contributed by atoms with Crippen molar-refractivity contribution in [1.29, 1.82) is 0 Å². The van der Waals surface area contributed by atoms with Crippen molar-refractivity contribution in [1.82, 2.24) is 9.80 Å². The summed E-state index contributed by atoms with van der Waals surface area (Å²) in [5.74, 6) is -0.00750. The average Bonchev–Trinajstić information content (AvgIpc) is 3.16. The maximum absolute atomic E-state index is 12.7. The first kappa shape index (κ1) is 15.0. The molecule has 1 saturated heterocycles. The molecular formula is C14H20N2O3S. The summed E-state index contributed by atoms with van der Waals surface area (Å²) in [7, 11) is 0. The Morgan fingerprint density at radius 3 is 2.35 bits per heavy atom. The van der Waals surface area contributed by atoms with Gasteiger partial charge in [-0.05, 0) is 18.8 Å². The summed E-state index contributed by atoms with van der Waals surface area (Å²) < 4.78 is 0. The number of carbonyl (C=O) groups is 2. The van der Waals surface area contributed by atoms with Crippen LogP contribution < -0.4 is 0 Å². The molecule has 2 fully saturated rings. The lowest BCUT2D eigenvalue weighted by molar-refractivity contribution is -0.141. The molecule has 0 aromatic heterocycles. The molecule has 1 heterocycles. The zero-order chi connectivity index (χ0) is 14.7. The van der Waals surface area contributed by atoms with Crippen LogP contribution in [0.1, 0.15) is 12.8 Å². The highest BCUT2D eigenvalue weighted by atomic mass is 32.2. The molecule has 0 radical (unpaired) electrons. The van der Waals surface area contributed by atoms with E-state index in [0.717, 1.165) is 12.8 Å². The number of rotatable bonds is 6. The predicted octanol–water partition coefficient (Wildman–Crippen LogP) is 2.02. The molecule has 1 N–H and O–H groups in total. The van der Waals surface area contributed by atoms with Gasteiger partial charge in [0.05, 0.1) is 5.37 Å². The fourth-order valence-corrected chi connectivity index (χ4v) is 4.04. The van der Waals surface area contributed by atoms with E-state index < -0.39 is 12.0 Å². The van der Waals surface area contributed by atoms with Crippen molar-refractivity contribution in [3.8, 4) is 0 Å². The van der Waals surface area contributed by atoms with Crippen molar-refractivity contribution in [2.45, 2.75) is 24.3 Å². The monoisotopic (exact) mass is 296 g/mol. The molecule has 2 rings (SSSR count). The van der Waals surface area contributed by atoms with Gasteiger partial charge in [0.1, 0.15) is 6.04 Å². The Balaban J connectivity index is 2.18. The molecule has 2 atom stereocenters. The second-order valence-corrected chi connectivity index (χ2v) is 6.24. The Bertz CT molecular complexity index is 413. The maximum Gasteiger partial charge on any atom is 0.327 e. The molecule has 0 spiro atoms. The zero-order valence-electron chi connectivity index (χ0n) is 11.4. The quantitative estimate of drug-likeness (QED) is 0.762. The second kappa shape index (κ2) is 6.35. The third kappa shape index (κ3) is 3.00. The fraction of sp³-hybridized carbons (Fsp3) is 0.571. The molecule has 0 aromatic carbocycles. The Kier molecular flexibility index (Phi) is 4.75. The number of carbonyl (C=O) groups excluding carboxylic acids is 1. The van der Waals surface area contributed by atoms with Gasteiger partial charge in [0.2, 0.25) is 0 Å². The Morgan fingerprint density at radius 2 is 1.90 bits per heavy atom. The van der Waals surface area contributed by atoms with Crippen molar-refractivity contribution < 1.29 is 14.7 Å². The van der Waals surface area contributed by atoms with Gasteiger partial charge in [-0.25, -0.2) is 9.59 Å². The van der Waals surface area contributed by atoms with Gasteiger partial charge in [-0.1, -0.05) is 12.2 Å². The standard InChI is InChI=1S/C14H20N2O3S/c1-3-7-15(8-4-2)14(19)16-11(13(17)18)9-20-12(16)10-5-6-10/h3-4,10-12H,1-2,5-9H2,(H,17,18). The molecule has 0 aromatic rings. The van der Waals surface area contributed by atoms with E-state index in [-0.39, 0.29) is 11.4 Å². The van der Waals surface area contributed by atoms with Crippen LogP contribution in [0.3, 0.4) is 0 Å². The van der Waals surface area contributed by atoms with Crippen molar-refractivity contribution in [3.63, 3.8) is 0 Å². The SMILES string of the molecule is C=CCN(CC=C)C(=O)N1C(C(=O)O)CSC1C1CC1. The third-order valence-electron chi connectivity index (χ3n) is 3.54. The first-order chi connectivity index (χ1) is 9.60. The van der Waals surface area contributed by atoms with Gasteiger partial charge < -0.3 is 10.0 Å². The Hall–Kier alpha value is -1.43. The molecule has 1 aliphatic heterocycles. The molecule has 1 aliphatic carbocycles. The van der Waals surface area contributed by atoms with Crippen molar-refractivity contribution in [3.05, 3.63) is 25.3 Å². The highest BCUT2D eigenvalue weighted by molar-refractivity contribution is 8.00. The molecule has 110 valence electrons. The first-order valence-electron chi connectivity index (χ1n) is 6.73. The predicted molar refractivity (Wildman–Crippen MR) is 79.6 cm³/mol. The van der Waals surface area contributed by atoms with Gasteiger partial charge in [0.25, 0.3) is 0 Å². The summed E-state index contributed by atoms with van der Waals surface area (Å²) in [6, 6.07) is -0.950. The minimum atomic E-state index is -0.925. The van der Waals surface area contributed by atoms with Crippen LogP contribution in [0.5, 0.6) is 0 Å². The van der Waals surface area contributed by atoms with E-state index >= 15 is 0 Å². The molecule has 1 saturated carbocycles. The molecule has 2 aliphatic rings. The number of thioether (sulfide) groups is 1. The van der Waals surface area contributed by atoms with E-state index in [1.165, 1.54) is 0 Å². The smallest absolute Gasteiger partial charge is 0.327 e. The van der Waals surface area contributed by atoms with Gasteiger partial charge in [-0.15, -0.1) is 24.9 Å². The Morgan fingerprint density at radius 1 is 1.30 bits per heavy atom. The average molecular weight is 296 g/mol.